The number of alkyl halides is 1. The van der Waals surface area contributed by atoms with E-state index in [1.165, 1.54) is 36.0 Å². The van der Waals surface area contributed by atoms with E-state index in [4.69, 9.17) is 16.3 Å². The van der Waals surface area contributed by atoms with Gasteiger partial charge < -0.3 is 9.97 Å². The van der Waals surface area contributed by atoms with Crippen LogP contribution in [0.1, 0.15) is 11.8 Å². The molecule has 25 heavy (non-hydrogen) atoms. The molecule has 0 radical (unpaired) electrons. The van der Waals surface area contributed by atoms with Crippen molar-refractivity contribution in [2.45, 2.75) is 30.0 Å². The van der Waals surface area contributed by atoms with E-state index in [1.54, 1.807) is 0 Å². The molecule has 2 aliphatic rings. The lowest BCUT2D eigenvalue weighted by Gasteiger charge is -2.51. The van der Waals surface area contributed by atoms with Crippen LogP contribution in [-0.4, -0.2) is 53.3 Å². The lowest BCUT2D eigenvalue weighted by Crippen LogP contribution is -2.71. The zero-order valence-electron chi connectivity index (χ0n) is 13.7. The number of nitrogens with zero attached hydrogens (tertiary/aromatic N) is 1. The number of amides is 2. The van der Waals surface area contributed by atoms with E-state index in [2.05, 4.69) is 5.32 Å². The number of hydrogen-bond acceptors (Lipinski definition) is 6. The summed E-state index contributed by atoms with van der Waals surface area (Å²) in [7, 11) is 1.27. The molecule has 10 heteroatoms. The molecule has 0 bridgehead atoms. The van der Waals surface area contributed by atoms with E-state index in [0.717, 1.165) is 4.88 Å². The fourth-order valence-electron chi connectivity index (χ4n) is 2.91. The van der Waals surface area contributed by atoms with Crippen molar-refractivity contribution in [2.24, 2.45) is 0 Å². The van der Waals surface area contributed by atoms with Gasteiger partial charge in [-0.2, -0.15) is 0 Å². The summed E-state index contributed by atoms with van der Waals surface area (Å²) in [6, 6.07) is 3.11. The second-order valence-corrected chi connectivity index (χ2v) is 8.44. The minimum atomic E-state index is -0.642. The van der Waals surface area contributed by atoms with Gasteiger partial charge in [-0.25, -0.2) is 4.79 Å². The Kier molecular flexibility index (Phi) is 5.45. The molecule has 6 nitrogen and oxygen atoms in total. The van der Waals surface area contributed by atoms with Gasteiger partial charge in [0.1, 0.15) is 17.1 Å². The molecule has 1 aromatic heterocycles. The molecule has 3 atom stereocenters. The number of nitrogens with one attached hydrogen (secondary N) is 1. The normalized spacial score (nSPS) is 25.3. The van der Waals surface area contributed by atoms with E-state index in [1.807, 2.05) is 24.4 Å². The standard InChI is InChI=1S/C15H16BClN2O4S2/c1-7-9(6-17)12(15(22)23-16)19-13(21)11(14(19)25-7)18-10(20)5-8-3-2-4-24-8/h2-4,7,11,14H,5-6,16H2,1H3,(H,18,20)/t7-,11+,14+/m0/s1. The van der Waals surface area contributed by atoms with Gasteiger partial charge in [-0.1, -0.05) is 6.07 Å². The maximum absolute atomic E-state index is 12.5. The molecule has 1 fully saturated rings. The molecule has 132 valence electrons. The Hall–Kier alpha value is -1.45. The second-order valence-electron chi connectivity index (χ2n) is 5.68. The van der Waals surface area contributed by atoms with Crippen LogP contribution in [0.3, 0.4) is 0 Å². The minimum absolute atomic E-state index is 0.0438. The zero-order chi connectivity index (χ0) is 18.1. The Balaban J connectivity index is 1.76. The highest BCUT2D eigenvalue weighted by Crippen LogP contribution is 2.44. The molecule has 0 saturated carbocycles. The summed E-state index contributed by atoms with van der Waals surface area (Å²) in [6.45, 7) is 1.93. The topological polar surface area (TPSA) is 75.7 Å². The van der Waals surface area contributed by atoms with Crippen LogP contribution in [0, 0.1) is 0 Å². The van der Waals surface area contributed by atoms with Gasteiger partial charge in [0.2, 0.25) is 5.91 Å². The Labute approximate surface area is 159 Å². The number of thiophene rings is 1. The van der Waals surface area contributed by atoms with Crippen molar-refractivity contribution in [1.29, 1.82) is 0 Å². The van der Waals surface area contributed by atoms with Crippen molar-refractivity contribution < 1.29 is 19.0 Å². The Morgan fingerprint density at radius 3 is 2.84 bits per heavy atom. The minimum Gasteiger partial charge on any atom is -0.539 e. The summed E-state index contributed by atoms with van der Waals surface area (Å²) in [5.41, 5.74) is 0.883. The third-order valence-corrected chi connectivity index (χ3v) is 6.80. The number of halogens is 1. The zero-order valence-corrected chi connectivity index (χ0v) is 16.0. The number of rotatable bonds is 5. The van der Waals surface area contributed by atoms with Crippen LogP contribution in [0.5, 0.6) is 0 Å². The van der Waals surface area contributed by atoms with Gasteiger partial charge in [0.25, 0.3) is 5.91 Å². The number of thioether (sulfide) groups is 1. The molecule has 0 spiro atoms. The van der Waals surface area contributed by atoms with Crippen molar-refractivity contribution in [3.8, 4) is 0 Å². The highest BCUT2D eigenvalue weighted by atomic mass is 35.5. The number of carbonyl (C=O) groups excluding carboxylic acids is 3. The van der Waals surface area contributed by atoms with Crippen molar-refractivity contribution in [2.75, 3.05) is 5.88 Å². The van der Waals surface area contributed by atoms with E-state index >= 15 is 0 Å². The van der Waals surface area contributed by atoms with Crippen LogP contribution in [0.15, 0.2) is 28.8 Å². The molecule has 3 heterocycles. The van der Waals surface area contributed by atoms with Gasteiger partial charge in [0.05, 0.1) is 6.42 Å². The fourth-order valence-corrected chi connectivity index (χ4v) is 5.51. The summed E-state index contributed by atoms with van der Waals surface area (Å²) in [5.74, 6) is -0.957. The number of carbonyl (C=O) groups is 3. The maximum Gasteiger partial charge on any atom is 0.337 e. The van der Waals surface area contributed by atoms with Crippen LogP contribution in [-0.2, 0) is 25.5 Å². The molecule has 3 rings (SSSR count). The number of hydrogen-bond donors (Lipinski definition) is 1. The lowest BCUT2D eigenvalue weighted by molar-refractivity contribution is -0.149. The maximum atomic E-state index is 12.5. The first-order valence-corrected chi connectivity index (χ1v) is 10.0. The summed E-state index contributed by atoms with van der Waals surface area (Å²) >= 11 is 8.97. The first-order chi connectivity index (χ1) is 12.0. The van der Waals surface area contributed by atoms with Crippen LogP contribution in [0.25, 0.3) is 0 Å². The molecule has 1 saturated heterocycles. The lowest BCUT2D eigenvalue weighted by atomic mass is 10.0. The molecule has 0 aromatic carbocycles. The van der Waals surface area contributed by atoms with E-state index in [9.17, 15) is 14.4 Å². The van der Waals surface area contributed by atoms with Gasteiger partial charge in [0, 0.05) is 16.0 Å². The highest BCUT2D eigenvalue weighted by Gasteiger charge is 2.55. The monoisotopic (exact) mass is 398 g/mol. The average Bonchev–Trinajstić information content (AvgIpc) is 3.10. The molecular formula is C15H16BClN2O4S2. The summed E-state index contributed by atoms with van der Waals surface area (Å²) in [5, 5.41) is 4.32. The predicted molar refractivity (Wildman–Crippen MR) is 100 cm³/mol. The van der Waals surface area contributed by atoms with Crippen LogP contribution in [0.2, 0.25) is 0 Å². The average molecular weight is 399 g/mol. The summed E-state index contributed by atoms with van der Waals surface area (Å²) in [6.07, 6.45) is 0.237. The van der Waals surface area contributed by atoms with Crippen LogP contribution < -0.4 is 5.32 Å². The van der Waals surface area contributed by atoms with Gasteiger partial charge >= 0.3 is 14.0 Å². The SMILES string of the molecule is BOC(=O)C1=C(CCl)[C@H](C)S[C@@H]2[C@H](NC(=O)Cc3cccs3)C(=O)N12. The third kappa shape index (κ3) is 3.32. The second kappa shape index (κ2) is 7.43. The van der Waals surface area contributed by atoms with Crippen LogP contribution in [0.4, 0.5) is 0 Å². The third-order valence-electron chi connectivity index (χ3n) is 4.18. The van der Waals surface area contributed by atoms with E-state index in [0.29, 0.717) is 5.57 Å². The Bertz CT molecular complexity index is 740. The van der Waals surface area contributed by atoms with Gasteiger partial charge in [-0.05, 0) is 23.9 Å². The summed E-state index contributed by atoms with van der Waals surface area (Å²) < 4.78 is 4.81. The molecule has 1 aromatic rings. The highest BCUT2D eigenvalue weighted by molar-refractivity contribution is 8.00. The molecule has 0 unspecified atom stereocenters. The van der Waals surface area contributed by atoms with Crippen molar-refractivity contribution in [3.63, 3.8) is 0 Å². The van der Waals surface area contributed by atoms with Gasteiger partial charge in [-0.15, -0.1) is 34.7 Å². The van der Waals surface area contributed by atoms with Gasteiger partial charge in [0.15, 0.2) is 0 Å². The molecule has 0 aliphatic carbocycles. The van der Waals surface area contributed by atoms with Crippen molar-refractivity contribution in [1.82, 2.24) is 10.2 Å². The first kappa shape index (κ1) is 18.3. The van der Waals surface area contributed by atoms with Crippen molar-refractivity contribution in [3.05, 3.63) is 33.7 Å². The largest absolute Gasteiger partial charge is 0.539 e. The number of fused-ring (bicyclic) bond motifs is 1. The van der Waals surface area contributed by atoms with Crippen molar-refractivity contribution >= 4 is 60.5 Å². The molecular weight excluding hydrogens is 383 g/mol. The Morgan fingerprint density at radius 2 is 2.24 bits per heavy atom. The molecule has 2 amide bonds. The number of β-lactam (4-membered cyclic amide) rings is 1. The Morgan fingerprint density at radius 1 is 1.48 bits per heavy atom. The fraction of sp³-hybridized carbons (Fsp3) is 0.400. The summed E-state index contributed by atoms with van der Waals surface area (Å²) in [4.78, 5) is 39.2. The first-order valence-electron chi connectivity index (χ1n) is 7.65. The van der Waals surface area contributed by atoms with Gasteiger partial charge in [-0.3, -0.25) is 14.5 Å². The van der Waals surface area contributed by atoms with Crippen LogP contribution >= 0.6 is 34.7 Å². The quantitative estimate of drug-likeness (QED) is 0.448. The van der Waals surface area contributed by atoms with E-state index in [-0.39, 0.29) is 40.4 Å². The molecule has 2 aliphatic heterocycles. The molecule has 1 N–H and O–H groups in total. The smallest absolute Gasteiger partial charge is 0.337 e. The predicted octanol–water partition coefficient (Wildman–Crippen LogP) is 0.663. The van der Waals surface area contributed by atoms with E-state index < -0.39 is 12.0 Å².